The van der Waals surface area contributed by atoms with E-state index in [0.717, 1.165) is 23.0 Å². The lowest BCUT2D eigenvalue weighted by Crippen LogP contribution is -2.06. The molecule has 0 fully saturated rings. The maximum Gasteiger partial charge on any atom is 0.229 e. The first kappa shape index (κ1) is 18.3. The standard InChI is InChI=1S/C19H14BrF2N5O/c20-14-9-24-19(25-13-3-4-16-11(5-13)6-17(28)26-16)27-18(14)23-8-10-1-2-12(21)7-15(10)22/h1-5,7,9H,6,8H2,(H,26,28)(H2,23,24,25,27). The van der Waals surface area contributed by atoms with Crippen LogP contribution >= 0.6 is 15.9 Å². The Labute approximate surface area is 167 Å². The number of carbonyl (C=O) groups excluding carboxylic acids is 1. The topological polar surface area (TPSA) is 78.9 Å². The molecule has 9 heteroatoms. The smallest absolute Gasteiger partial charge is 0.229 e. The highest BCUT2D eigenvalue weighted by Gasteiger charge is 2.17. The molecule has 0 saturated heterocycles. The van der Waals surface area contributed by atoms with Gasteiger partial charge in [-0.1, -0.05) is 6.07 Å². The third kappa shape index (κ3) is 3.94. The molecule has 28 heavy (non-hydrogen) atoms. The molecule has 3 N–H and O–H groups in total. The number of hydrogen-bond donors (Lipinski definition) is 3. The van der Waals surface area contributed by atoms with Crippen LogP contribution in [0.25, 0.3) is 0 Å². The number of carbonyl (C=O) groups is 1. The number of aromatic nitrogens is 2. The number of halogens is 3. The Morgan fingerprint density at radius 2 is 2.04 bits per heavy atom. The van der Waals surface area contributed by atoms with E-state index in [-0.39, 0.29) is 12.5 Å². The van der Waals surface area contributed by atoms with Gasteiger partial charge in [-0.25, -0.2) is 13.8 Å². The average molecular weight is 446 g/mol. The maximum atomic E-state index is 13.8. The molecule has 1 amide bonds. The minimum atomic E-state index is -0.627. The minimum Gasteiger partial charge on any atom is -0.365 e. The lowest BCUT2D eigenvalue weighted by Gasteiger charge is -2.11. The molecule has 0 atom stereocenters. The van der Waals surface area contributed by atoms with Gasteiger partial charge >= 0.3 is 0 Å². The number of rotatable bonds is 5. The number of benzene rings is 2. The van der Waals surface area contributed by atoms with Crippen molar-refractivity contribution < 1.29 is 13.6 Å². The van der Waals surface area contributed by atoms with Gasteiger partial charge in [0.05, 0.1) is 10.9 Å². The Morgan fingerprint density at radius 3 is 2.86 bits per heavy atom. The highest BCUT2D eigenvalue weighted by Crippen LogP contribution is 2.28. The number of nitrogens with one attached hydrogen (secondary N) is 3. The van der Waals surface area contributed by atoms with Crippen molar-refractivity contribution >= 4 is 45.0 Å². The SMILES string of the molecule is O=C1Cc2cc(Nc3ncc(Br)c(NCc4ccc(F)cc4F)n3)ccc2N1. The summed E-state index contributed by atoms with van der Waals surface area (Å²) in [6.07, 6.45) is 1.90. The molecule has 142 valence electrons. The Hall–Kier alpha value is -3.07. The van der Waals surface area contributed by atoms with Crippen molar-refractivity contribution in [2.45, 2.75) is 13.0 Å². The zero-order valence-corrected chi connectivity index (χ0v) is 16.0. The molecule has 0 bridgehead atoms. The van der Waals surface area contributed by atoms with Crippen molar-refractivity contribution in [3.05, 3.63) is 69.8 Å². The van der Waals surface area contributed by atoms with Crippen molar-refractivity contribution in [1.29, 1.82) is 0 Å². The summed E-state index contributed by atoms with van der Waals surface area (Å²) >= 11 is 3.35. The highest BCUT2D eigenvalue weighted by molar-refractivity contribution is 9.10. The lowest BCUT2D eigenvalue weighted by atomic mass is 10.1. The van der Waals surface area contributed by atoms with Crippen molar-refractivity contribution in [2.75, 3.05) is 16.0 Å². The van der Waals surface area contributed by atoms with Crippen LogP contribution in [0.2, 0.25) is 0 Å². The fourth-order valence-corrected chi connectivity index (χ4v) is 3.16. The van der Waals surface area contributed by atoms with E-state index in [9.17, 15) is 13.6 Å². The second-order valence-corrected chi connectivity index (χ2v) is 7.06. The van der Waals surface area contributed by atoms with Crippen LogP contribution in [0.15, 0.2) is 47.1 Å². The Balaban J connectivity index is 1.49. The predicted octanol–water partition coefficient (Wildman–Crippen LogP) is 4.37. The largest absolute Gasteiger partial charge is 0.365 e. The van der Waals surface area contributed by atoms with Crippen LogP contribution in [0.1, 0.15) is 11.1 Å². The van der Waals surface area contributed by atoms with E-state index in [1.54, 1.807) is 6.20 Å². The third-order valence-corrected chi connectivity index (χ3v) is 4.77. The predicted molar refractivity (Wildman–Crippen MR) is 105 cm³/mol. The summed E-state index contributed by atoms with van der Waals surface area (Å²) in [6, 6.07) is 8.92. The lowest BCUT2D eigenvalue weighted by molar-refractivity contribution is -0.115. The van der Waals surface area contributed by atoms with Crippen molar-refractivity contribution in [3.63, 3.8) is 0 Å². The van der Waals surface area contributed by atoms with Crippen LogP contribution < -0.4 is 16.0 Å². The van der Waals surface area contributed by atoms with Crippen LogP contribution in [0.4, 0.5) is 31.9 Å². The van der Waals surface area contributed by atoms with E-state index < -0.39 is 11.6 Å². The molecule has 0 aliphatic carbocycles. The summed E-state index contributed by atoms with van der Waals surface area (Å²) in [5.74, 6) is -0.493. The molecule has 0 radical (unpaired) electrons. The Bertz CT molecular complexity index is 1080. The Morgan fingerprint density at radius 1 is 1.18 bits per heavy atom. The number of nitrogens with zero attached hydrogens (tertiary/aromatic N) is 2. The van der Waals surface area contributed by atoms with Crippen LogP contribution in [0.3, 0.4) is 0 Å². The molecule has 1 aliphatic heterocycles. The van der Waals surface area contributed by atoms with E-state index in [1.165, 1.54) is 12.1 Å². The summed E-state index contributed by atoms with van der Waals surface area (Å²) < 4.78 is 27.4. The van der Waals surface area contributed by atoms with Gasteiger partial charge in [-0.3, -0.25) is 4.79 Å². The van der Waals surface area contributed by atoms with E-state index in [2.05, 4.69) is 41.8 Å². The first-order chi connectivity index (χ1) is 13.5. The summed E-state index contributed by atoms with van der Waals surface area (Å²) in [5.41, 5.74) is 2.76. The van der Waals surface area contributed by atoms with Gasteiger partial charge in [-0.2, -0.15) is 4.98 Å². The summed E-state index contributed by atoms with van der Waals surface area (Å²) in [4.78, 5) is 20.1. The second kappa shape index (κ2) is 7.51. The fourth-order valence-electron chi connectivity index (χ4n) is 2.83. The molecule has 1 aliphatic rings. The van der Waals surface area contributed by atoms with Gasteiger partial charge in [0.15, 0.2) is 0 Å². The molecule has 2 heterocycles. The van der Waals surface area contributed by atoms with Gasteiger partial charge in [0.1, 0.15) is 17.5 Å². The van der Waals surface area contributed by atoms with Crippen LogP contribution in [-0.4, -0.2) is 15.9 Å². The highest BCUT2D eigenvalue weighted by atomic mass is 79.9. The number of hydrogen-bond acceptors (Lipinski definition) is 5. The van der Waals surface area contributed by atoms with Crippen molar-refractivity contribution in [1.82, 2.24) is 9.97 Å². The van der Waals surface area contributed by atoms with Gasteiger partial charge in [0.2, 0.25) is 11.9 Å². The summed E-state index contributed by atoms with van der Waals surface area (Å²) in [6.45, 7) is 0.133. The van der Waals surface area contributed by atoms with Crippen LogP contribution in [-0.2, 0) is 17.8 Å². The first-order valence-electron chi connectivity index (χ1n) is 8.38. The second-order valence-electron chi connectivity index (χ2n) is 6.20. The van der Waals surface area contributed by atoms with E-state index in [0.29, 0.717) is 28.2 Å². The molecule has 1 aromatic heterocycles. The molecular weight excluding hydrogens is 432 g/mol. The molecule has 0 unspecified atom stereocenters. The zero-order chi connectivity index (χ0) is 19.7. The van der Waals surface area contributed by atoms with E-state index in [1.807, 2.05) is 18.2 Å². The van der Waals surface area contributed by atoms with E-state index >= 15 is 0 Å². The minimum absolute atomic E-state index is 0.0356. The summed E-state index contributed by atoms with van der Waals surface area (Å²) in [7, 11) is 0. The molecule has 0 spiro atoms. The third-order valence-electron chi connectivity index (χ3n) is 4.19. The molecule has 3 aromatic rings. The fraction of sp³-hybridized carbons (Fsp3) is 0.105. The first-order valence-corrected chi connectivity index (χ1v) is 9.17. The van der Waals surface area contributed by atoms with Crippen molar-refractivity contribution in [3.8, 4) is 0 Å². The quantitative estimate of drug-likeness (QED) is 0.543. The average Bonchev–Trinajstić information content (AvgIpc) is 3.02. The van der Waals surface area contributed by atoms with E-state index in [4.69, 9.17) is 0 Å². The number of anilines is 4. The molecule has 0 saturated carbocycles. The van der Waals surface area contributed by atoms with Gasteiger partial charge < -0.3 is 16.0 Å². The van der Waals surface area contributed by atoms with Gasteiger partial charge in [-0.05, 0) is 45.8 Å². The monoisotopic (exact) mass is 445 g/mol. The molecule has 4 rings (SSSR count). The van der Waals surface area contributed by atoms with Gasteiger partial charge in [0.25, 0.3) is 0 Å². The number of amides is 1. The van der Waals surface area contributed by atoms with Crippen LogP contribution in [0, 0.1) is 11.6 Å². The normalized spacial score (nSPS) is 12.5. The molecule has 2 aromatic carbocycles. The Kier molecular flexibility index (Phi) is 4.91. The zero-order valence-electron chi connectivity index (χ0n) is 14.4. The molecule has 6 nitrogen and oxygen atoms in total. The molecular formula is C19H14BrF2N5O. The van der Waals surface area contributed by atoms with Gasteiger partial charge in [-0.15, -0.1) is 0 Å². The van der Waals surface area contributed by atoms with Gasteiger partial charge in [0, 0.05) is 35.7 Å². The maximum absolute atomic E-state index is 13.8. The van der Waals surface area contributed by atoms with Crippen molar-refractivity contribution in [2.24, 2.45) is 0 Å². The number of fused-ring (bicyclic) bond motifs is 1. The van der Waals surface area contributed by atoms with Crippen LogP contribution in [0.5, 0.6) is 0 Å². The summed E-state index contributed by atoms with van der Waals surface area (Å²) in [5, 5.41) is 8.87.